The summed E-state index contributed by atoms with van der Waals surface area (Å²) in [6.45, 7) is 2.75. The van der Waals surface area contributed by atoms with Crippen LogP contribution < -0.4 is 4.74 Å². The van der Waals surface area contributed by atoms with Gasteiger partial charge >= 0.3 is 5.97 Å². The number of hydrogen-bond acceptors (Lipinski definition) is 5. The number of rotatable bonds is 6. The first-order valence-corrected chi connectivity index (χ1v) is 7.56. The fourth-order valence-corrected chi connectivity index (χ4v) is 2.12. The molecule has 5 nitrogen and oxygen atoms in total. The fraction of sp³-hybridized carbons (Fsp3) is 0.222. The van der Waals surface area contributed by atoms with Gasteiger partial charge in [-0.05, 0) is 30.7 Å². The number of carbonyl (C=O) groups is 1. The molecule has 0 N–H and O–H groups in total. The molecule has 0 radical (unpaired) electrons. The summed E-state index contributed by atoms with van der Waals surface area (Å²) in [4.78, 5) is 16.2. The summed E-state index contributed by atoms with van der Waals surface area (Å²) >= 11 is 0. The van der Waals surface area contributed by atoms with Crippen molar-refractivity contribution in [3.8, 4) is 5.75 Å². The van der Waals surface area contributed by atoms with Gasteiger partial charge in [-0.15, -0.1) is 0 Å². The van der Waals surface area contributed by atoms with Crippen molar-refractivity contribution in [3.63, 3.8) is 0 Å². The molecule has 23 heavy (non-hydrogen) atoms. The lowest BCUT2D eigenvalue weighted by Crippen LogP contribution is -2.04. The van der Waals surface area contributed by atoms with E-state index in [0.29, 0.717) is 12.4 Å². The predicted octanol–water partition coefficient (Wildman–Crippen LogP) is 3.80. The third-order valence-electron chi connectivity index (χ3n) is 3.32. The highest BCUT2D eigenvalue weighted by molar-refractivity contribution is 6.11. The van der Waals surface area contributed by atoms with E-state index in [4.69, 9.17) is 13.9 Å². The van der Waals surface area contributed by atoms with Crippen molar-refractivity contribution in [2.24, 2.45) is 4.99 Å². The standard InChI is InChI=1S/C18H17NO4/c1-2-3-10-21-15-8-5-4-7-13(15)12-14-18(20)23-17(19-14)16-9-6-11-22-16/h4-9,11-12H,2-3,10H2,1H3/b14-12-. The molecular formula is C18H17NO4. The minimum Gasteiger partial charge on any atom is -0.493 e. The second-order valence-corrected chi connectivity index (χ2v) is 5.05. The Hall–Kier alpha value is -2.82. The lowest BCUT2D eigenvalue weighted by molar-refractivity contribution is -0.130. The van der Waals surface area contributed by atoms with Crippen LogP contribution in [0.15, 0.2) is 57.8 Å². The Labute approximate surface area is 134 Å². The van der Waals surface area contributed by atoms with Gasteiger partial charge in [-0.2, -0.15) is 0 Å². The Balaban J connectivity index is 1.85. The molecule has 1 aliphatic rings. The van der Waals surface area contributed by atoms with Crippen molar-refractivity contribution in [2.75, 3.05) is 6.61 Å². The van der Waals surface area contributed by atoms with Crippen LogP contribution in [0, 0.1) is 0 Å². The molecule has 118 valence electrons. The maximum atomic E-state index is 12.0. The highest BCUT2D eigenvalue weighted by atomic mass is 16.6. The average Bonchev–Trinajstić information content (AvgIpc) is 3.20. The van der Waals surface area contributed by atoms with E-state index in [1.807, 2.05) is 24.3 Å². The molecule has 0 fully saturated rings. The molecule has 1 aromatic heterocycles. The number of hydrogen-bond donors (Lipinski definition) is 0. The lowest BCUT2D eigenvalue weighted by Gasteiger charge is -2.08. The summed E-state index contributed by atoms with van der Waals surface area (Å²) in [5, 5.41) is 0. The number of furan rings is 1. The Morgan fingerprint density at radius 3 is 2.87 bits per heavy atom. The first kappa shape index (κ1) is 15.1. The van der Waals surface area contributed by atoms with Crippen molar-refractivity contribution in [1.29, 1.82) is 0 Å². The molecule has 3 rings (SSSR count). The van der Waals surface area contributed by atoms with Gasteiger partial charge in [0.25, 0.3) is 5.90 Å². The monoisotopic (exact) mass is 311 g/mol. The molecule has 2 aromatic rings. The molecule has 0 amide bonds. The highest BCUT2D eigenvalue weighted by Crippen LogP contribution is 2.25. The van der Waals surface area contributed by atoms with Crippen LogP contribution in [0.2, 0.25) is 0 Å². The first-order chi connectivity index (χ1) is 11.3. The van der Waals surface area contributed by atoms with E-state index in [9.17, 15) is 4.79 Å². The molecule has 0 saturated heterocycles. The Bertz CT molecular complexity index is 744. The second kappa shape index (κ2) is 6.96. The number of ether oxygens (including phenoxy) is 2. The minimum absolute atomic E-state index is 0.177. The minimum atomic E-state index is -0.500. The van der Waals surface area contributed by atoms with Gasteiger partial charge in [0, 0.05) is 5.56 Å². The maximum Gasteiger partial charge on any atom is 0.363 e. The van der Waals surface area contributed by atoms with E-state index in [1.165, 1.54) is 6.26 Å². The molecule has 0 saturated carbocycles. The van der Waals surface area contributed by atoms with Gasteiger partial charge in [-0.1, -0.05) is 31.5 Å². The Kier molecular flexibility index (Phi) is 4.57. The van der Waals surface area contributed by atoms with E-state index < -0.39 is 5.97 Å². The zero-order chi connectivity index (χ0) is 16.1. The number of esters is 1. The number of para-hydroxylation sites is 1. The number of carbonyl (C=O) groups excluding carboxylic acids is 1. The Morgan fingerprint density at radius 2 is 2.09 bits per heavy atom. The van der Waals surface area contributed by atoms with Gasteiger partial charge in [0.15, 0.2) is 11.5 Å². The van der Waals surface area contributed by atoms with E-state index in [1.54, 1.807) is 18.2 Å². The third kappa shape index (κ3) is 3.51. The molecule has 0 atom stereocenters. The summed E-state index contributed by atoms with van der Waals surface area (Å²) in [5.41, 5.74) is 1.02. The second-order valence-electron chi connectivity index (χ2n) is 5.05. The molecule has 5 heteroatoms. The topological polar surface area (TPSA) is 61.0 Å². The molecule has 2 heterocycles. The molecule has 0 unspecified atom stereocenters. The van der Waals surface area contributed by atoms with E-state index in [-0.39, 0.29) is 11.6 Å². The summed E-state index contributed by atoms with van der Waals surface area (Å²) in [5.74, 6) is 0.826. The lowest BCUT2D eigenvalue weighted by atomic mass is 10.1. The largest absolute Gasteiger partial charge is 0.493 e. The molecule has 0 aliphatic carbocycles. The van der Waals surface area contributed by atoms with Crippen LogP contribution in [0.5, 0.6) is 5.75 Å². The van der Waals surface area contributed by atoms with Gasteiger partial charge in [-0.25, -0.2) is 9.79 Å². The summed E-state index contributed by atoms with van der Waals surface area (Å²) in [6.07, 6.45) is 5.21. The van der Waals surface area contributed by atoms with Crippen molar-refractivity contribution < 1.29 is 18.7 Å². The SMILES string of the molecule is CCCCOc1ccccc1/C=C1\N=C(c2ccco2)OC1=O. The van der Waals surface area contributed by atoms with Crippen LogP contribution in [-0.2, 0) is 9.53 Å². The summed E-state index contributed by atoms with van der Waals surface area (Å²) in [7, 11) is 0. The van der Waals surface area contributed by atoms with E-state index in [0.717, 1.165) is 24.2 Å². The number of cyclic esters (lactones) is 1. The van der Waals surface area contributed by atoms with Crippen LogP contribution in [0.25, 0.3) is 6.08 Å². The van der Waals surface area contributed by atoms with Gasteiger partial charge in [0.1, 0.15) is 5.75 Å². The molecule has 1 aliphatic heterocycles. The van der Waals surface area contributed by atoms with Crippen molar-refractivity contribution in [3.05, 3.63) is 59.7 Å². The van der Waals surface area contributed by atoms with Crippen LogP contribution in [0.1, 0.15) is 31.1 Å². The maximum absolute atomic E-state index is 12.0. The summed E-state index contributed by atoms with van der Waals surface area (Å²) < 4.78 is 16.1. The number of benzene rings is 1. The number of aliphatic imine (C=N–C) groups is 1. The van der Waals surface area contributed by atoms with Crippen LogP contribution >= 0.6 is 0 Å². The van der Waals surface area contributed by atoms with Gasteiger partial charge in [-0.3, -0.25) is 0 Å². The van der Waals surface area contributed by atoms with Crippen LogP contribution in [0.3, 0.4) is 0 Å². The van der Waals surface area contributed by atoms with Gasteiger partial charge < -0.3 is 13.9 Å². The van der Waals surface area contributed by atoms with Crippen molar-refractivity contribution in [1.82, 2.24) is 0 Å². The number of unbranched alkanes of at least 4 members (excludes halogenated alkanes) is 1. The van der Waals surface area contributed by atoms with Crippen LogP contribution in [-0.4, -0.2) is 18.5 Å². The van der Waals surface area contributed by atoms with Crippen molar-refractivity contribution >= 4 is 17.9 Å². The third-order valence-corrected chi connectivity index (χ3v) is 3.32. The molecular weight excluding hydrogens is 294 g/mol. The van der Waals surface area contributed by atoms with Crippen molar-refractivity contribution in [2.45, 2.75) is 19.8 Å². The van der Waals surface area contributed by atoms with Crippen LogP contribution in [0.4, 0.5) is 0 Å². The van der Waals surface area contributed by atoms with Gasteiger partial charge in [0.05, 0.1) is 12.9 Å². The zero-order valence-electron chi connectivity index (χ0n) is 12.8. The smallest absolute Gasteiger partial charge is 0.363 e. The highest BCUT2D eigenvalue weighted by Gasteiger charge is 2.26. The number of nitrogens with zero attached hydrogens (tertiary/aromatic N) is 1. The normalized spacial score (nSPS) is 15.6. The molecule has 0 bridgehead atoms. The molecule has 1 aromatic carbocycles. The molecule has 0 spiro atoms. The zero-order valence-corrected chi connectivity index (χ0v) is 12.8. The summed E-state index contributed by atoms with van der Waals surface area (Å²) in [6, 6.07) is 10.9. The Morgan fingerprint density at radius 1 is 1.22 bits per heavy atom. The quantitative estimate of drug-likeness (QED) is 0.462. The van der Waals surface area contributed by atoms with Gasteiger partial charge in [0.2, 0.25) is 0 Å². The van der Waals surface area contributed by atoms with E-state index in [2.05, 4.69) is 11.9 Å². The fourth-order valence-electron chi connectivity index (χ4n) is 2.12. The van der Waals surface area contributed by atoms with E-state index >= 15 is 0 Å². The first-order valence-electron chi connectivity index (χ1n) is 7.56. The average molecular weight is 311 g/mol. The predicted molar refractivity (Wildman–Crippen MR) is 86.2 cm³/mol.